The second kappa shape index (κ2) is 8.38. The lowest BCUT2D eigenvalue weighted by Crippen LogP contribution is -2.30. The summed E-state index contributed by atoms with van der Waals surface area (Å²) in [5, 5.41) is 6.82. The van der Waals surface area contributed by atoms with Crippen LogP contribution in [0.1, 0.15) is 18.1 Å². The quantitative estimate of drug-likeness (QED) is 0.864. The topological polar surface area (TPSA) is 50.4 Å². The lowest BCUT2D eigenvalue weighted by atomic mass is 10.0. The van der Waals surface area contributed by atoms with Crippen molar-refractivity contribution in [2.45, 2.75) is 26.0 Å². The molecule has 0 aliphatic carbocycles. The Morgan fingerprint density at radius 3 is 2.88 bits per heavy atom. The van der Waals surface area contributed by atoms with Crippen LogP contribution in [-0.4, -0.2) is 18.6 Å². The average Bonchev–Trinajstić information content (AvgIpc) is 2.54. The van der Waals surface area contributed by atoms with Gasteiger partial charge in [-0.15, -0.1) is 12.4 Å². The van der Waals surface area contributed by atoms with Crippen LogP contribution in [0, 0.1) is 0 Å². The Bertz CT molecular complexity index is 722. The van der Waals surface area contributed by atoms with Crippen molar-refractivity contribution in [2.75, 3.05) is 11.9 Å². The van der Waals surface area contributed by atoms with E-state index in [0.717, 1.165) is 25.2 Å². The second-order valence-corrected chi connectivity index (χ2v) is 6.05. The number of fused-ring (bicyclic) bond motifs is 1. The van der Waals surface area contributed by atoms with Gasteiger partial charge in [0.05, 0.1) is 0 Å². The third-order valence-electron chi connectivity index (χ3n) is 3.84. The smallest absolute Gasteiger partial charge is 0.265 e. The molecule has 0 bridgehead atoms. The Hall–Kier alpha value is -1.75. The average molecular weight is 367 g/mol. The van der Waals surface area contributed by atoms with Crippen molar-refractivity contribution in [3.63, 3.8) is 0 Å². The van der Waals surface area contributed by atoms with Gasteiger partial charge in [-0.05, 0) is 61.3 Å². The zero-order chi connectivity index (χ0) is 16.2. The van der Waals surface area contributed by atoms with Gasteiger partial charge in [0.25, 0.3) is 5.91 Å². The number of hydrogen-bond acceptors (Lipinski definition) is 3. The number of amides is 1. The number of rotatable bonds is 4. The Balaban J connectivity index is 0.00000208. The van der Waals surface area contributed by atoms with Gasteiger partial charge in [0.15, 0.2) is 6.10 Å². The number of hydrogen-bond donors (Lipinski definition) is 2. The normalized spacial score (nSPS) is 14.1. The van der Waals surface area contributed by atoms with E-state index < -0.39 is 6.10 Å². The van der Waals surface area contributed by atoms with Gasteiger partial charge in [0.1, 0.15) is 5.75 Å². The molecule has 0 fully saturated rings. The van der Waals surface area contributed by atoms with Crippen LogP contribution >= 0.6 is 24.0 Å². The molecule has 1 atom stereocenters. The number of carbonyl (C=O) groups excluding carboxylic acids is 1. The molecule has 1 heterocycles. The summed E-state index contributed by atoms with van der Waals surface area (Å²) in [5.74, 6) is 0.392. The zero-order valence-corrected chi connectivity index (χ0v) is 14.9. The largest absolute Gasteiger partial charge is 0.481 e. The molecule has 0 saturated heterocycles. The molecule has 0 spiro atoms. The highest BCUT2D eigenvalue weighted by Crippen LogP contribution is 2.21. The summed E-state index contributed by atoms with van der Waals surface area (Å²) < 4.78 is 5.63. The maximum Gasteiger partial charge on any atom is 0.265 e. The van der Waals surface area contributed by atoms with Crippen molar-refractivity contribution in [1.29, 1.82) is 0 Å². The molecule has 4 nitrogen and oxygen atoms in total. The number of nitrogens with one attached hydrogen (secondary N) is 2. The van der Waals surface area contributed by atoms with Crippen molar-refractivity contribution >= 4 is 35.6 Å². The number of ether oxygens (including phenoxy) is 1. The fourth-order valence-corrected chi connectivity index (χ4v) is 2.78. The molecule has 3 rings (SSSR count). The first-order valence-electron chi connectivity index (χ1n) is 7.67. The molecule has 6 heteroatoms. The first kappa shape index (κ1) is 18.6. The molecule has 1 aliphatic heterocycles. The Morgan fingerprint density at radius 1 is 1.25 bits per heavy atom. The zero-order valence-electron chi connectivity index (χ0n) is 13.3. The molecule has 1 amide bonds. The standard InChI is InChI=1S/C18H19ClN2O2.ClH/c1-12(23-17-4-2-3-15(19)10-17)18(22)21-16-6-5-13-7-8-20-11-14(13)9-16;/h2-6,9-10,12,20H,7-8,11H2,1H3,(H,21,22);1H. The van der Waals surface area contributed by atoms with Crippen LogP contribution in [0.3, 0.4) is 0 Å². The predicted molar refractivity (Wildman–Crippen MR) is 99.3 cm³/mol. The highest BCUT2D eigenvalue weighted by atomic mass is 35.5. The van der Waals surface area contributed by atoms with E-state index in [1.807, 2.05) is 12.1 Å². The van der Waals surface area contributed by atoms with Gasteiger partial charge in [-0.2, -0.15) is 0 Å². The summed E-state index contributed by atoms with van der Waals surface area (Å²) in [6.07, 6.45) is 0.417. The van der Waals surface area contributed by atoms with Gasteiger partial charge < -0.3 is 15.4 Å². The number of halogens is 2. The maximum atomic E-state index is 12.3. The van der Waals surface area contributed by atoms with Gasteiger partial charge >= 0.3 is 0 Å². The second-order valence-electron chi connectivity index (χ2n) is 5.62. The summed E-state index contributed by atoms with van der Waals surface area (Å²) in [6, 6.07) is 13.1. The highest BCUT2D eigenvalue weighted by molar-refractivity contribution is 6.30. The Labute approximate surface area is 153 Å². The number of carbonyl (C=O) groups is 1. The summed E-state index contributed by atoms with van der Waals surface area (Å²) in [6.45, 7) is 3.56. The van der Waals surface area contributed by atoms with E-state index in [4.69, 9.17) is 16.3 Å². The lowest BCUT2D eigenvalue weighted by Gasteiger charge is -2.19. The van der Waals surface area contributed by atoms with Crippen molar-refractivity contribution in [3.8, 4) is 5.75 Å². The minimum Gasteiger partial charge on any atom is -0.481 e. The summed E-state index contributed by atoms with van der Waals surface area (Å²) in [4.78, 5) is 12.3. The highest BCUT2D eigenvalue weighted by Gasteiger charge is 2.16. The van der Waals surface area contributed by atoms with Crippen LogP contribution in [0.15, 0.2) is 42.5 Å². The Kier molecular flexibility index (Phi) is 6.49. The van der Waals surface area contributed by atoms with Crippen LogP contribution in [0.4, 0.5) is 5.69 Å². The van der Waals surface area contributed by atoms with Crippen molar-refractivity contribution in [1.82, 2.24) is 5.32 Å². The van der Waals surface area contributed by atoms with Crippen LogP contribution in [-0.2, 0) is 17.8 Å². The summed E-state index contributed by atoms with van der Waals surface area (Å²) >= 11 is 5.92. The van der Waals surface area contributed by atoms with Crippen LogP contribution in [0.25, 0.3) is 0 Å². The number of benzene rings is 2. The maximum absolute atomic E-state index is 12.3. The van der Waals surface area contributed by atoms with E-state index in [9.17, 15) is 4.79 Å². The van der Waals surface area contributed by atoms with Gasteiger partial charge in [0, 0.05) is 17.3 Å². The van der Waals surface area contributed by atoms with Crippen LogP contribution in [0.5, 0.6) is 5.75 Å². The Morgan fingerprint density at radius 2 is 2.08 bits per heavy atom. The van der Waals surface area contributed by atoms with Gasteiger partial charge in [0.2, 0.25) is 0 Å². The van der Waals surface area contributed by atoms with Crippen LogP contribution < -0.4 is 15.4 Å². The molecule has 2 N–H and O–H groups in total. The first-order chi connectivity index (χ1) is 11.1. The van der Waals surface area contributed by atoms with E-state index in [1.54, 1.807) is 31.2 Å². The monoisotopic (exact) mass is 366 g/mol. The third-order valence-corrected chi connectivity index (χ3v) is 4.07. The van der Waals surface area contributed by atoms with E-state index in [1.165, 1.54) is 11.1 Å². The molecule has 1 unspecified atom stereocenters. The molecule has 128 valence electrons. The van der Waals surface area contributed by atoms with Gasteiger partial charge in [-0.3, -0.25) is 4.79 Å². The SMILES string of the molecule is CC(Oc1cccc(Cl)c1)C(=O)Nc1ccc2c(c1)CNCC2.Cl. The van der Waals surface area contributed by atoms with Crippen molar-refractivity contribution in [2.24, 2.45) is 0 Å². The molecule has 1 aliphatic rings. The van der Waals surface area contributed by atoms with Gasteiger partial charge in [-0.25, -0.2) is 0 Å². The fourth-order valence-electron chi connectivity index (χ4n) is 2.60. The van der Waals surface area contributed by atoms with Crippen LogP contribution in [0.2, 0.25) is 5.02 Å². The molecule has 0 aromatic heterocycles. The minimum atomic E-state index is -0.609. The molecular formula is C18H20Cl2N2O2. The van der Waals surface area contributed by atoms with Crippen molar-refractivity contribution in [3.05, 3.63) is 58.6 Å². The third kappa shape index (κ3) is 4.63. The fraction of sp³-hybridized carbons (Fsp3) is 0.278. The molecule has 2 aromatic carbocycles. The summed E-state index contributed by atoms with van der Waals surface area (Å²) in [5.41, 5.74) is 3.36. The lowest BCUT2D eigenvalue weighted by molar-refractivity contribution is -0.122. The molecule has 0 saturated carbocycles. The summed E-state index contributed by atoms with van der Waals surface area (Å²) in [7, 11) is 0. The van der Waals surface area contributed by atoms with E-state index in [0.29, 0.717) is 10.8 Å². The first-order valence-corrected chi connectivity index (χ1v) is 8.05. The van der Waals surface area contributed by atoms with Crippen molar-refractivity contribution < 1.29 is 9.53 Å². The minimum absolute atomic E-state index is 0. The molecule has 2 aromatic rings. The predicted octanol–water partition coefficient (Wildman–Crippen LogP) is 3.81. The number of anilines is 1. The molecular weight excluding hydrogens is 347 g/mol. The van der Waals surface area contributed by atoms with Gasteiger partial charge in [-0.1, -0.05) is 23.7 Å². The molecule has 0 radical (unpaired) electrons. The molecule has 24 heavy (non-hydrogen) atoms. The van der Waals surface area contributed by atoms with E-state index in [2.05, 4.69) is 16.7 Å². The van der Waals surface area contributed by atoms with E-state index in [-0.39, 0.29) is 18.3 Å². The van der Waals surface area contributed by atoms with E-state index >= 15 is 0 Å².